The number of benzene rings is 2. The van der Waals surface area contributed by atoms with Crippen molar-refractivity contribution >= 4 is 40.9 Å². The molecule has 35 heavy (non-hydrogen) atoms. The van der Waals surface area contributed by atoms with Gasteiger partial charge in [0.2, 0.25) is 0 Å². The van der Waals surface area contributed by atoms with Gasteiger partial charge in [0.1, 0.15) is 18.4 Å². The van der Waals surface area contributed by atoms with Crippen LogP contribution in [0.5, 0.6) is 5.75 Å². The molecule has 0 aliphatic heterocycles. The number of halogens is 2. The van der Waals surface area contributed by atoms with E-state index in [0.717, 1.165) is 0 Å². The van der Waals surface area contributed by atoms with Crippen molar-refractivity contribution in [2.24, 2.45) is 7.05 Å². The van der Waals surface area contributed by atoms with Crippen LogP contribution in [0.15, 0.2) is 42.5 Å². The van der Waals surface area contributed by atoms with Gasteiger partial charge in [0, 0.05) is 40.5 Å². The van der Waals surface area contributed by atoms with Crippen LogP contribution in [0.3, 0.4) is 0 Å². The van der Waals surface area contributed by atoms with Crippen molar-refractivity contribution in [1.29, 1.82) is 0 Å². The summed E-state index contributed by atoms with van der Waals surface area (Å²) in [6.45, 7) is 5.04. The van der Waals surface area contributed by atoms with Crippen molar-refractivity contribution in [2.75, 3.05) is 0 Å². The number of ether oxygens (including phenoxy) is 1. The summed E-state index contributed by atoms with van der Waals surface area (Å²) in [4.78, 5) is 37.1. The zero-order valence-corrected chi connectivity index (χ0v) is 21.3. The molecule has 3 rings (SSSR count). The SMILES string of the molecule is CC(=O)c1c(C(=O)N[C@@H](Cc2ccc(OCc3c(Cl)cccc3Cl)cc2)C(=O)O)c(C)n(C)c1C. The van der Waals surface area contributed by atoms with Gasteiger partial charge in [-0.1, -0.05) is 41.4 Å². The van der Waals surface area contributed by atoms with Gasteiger partial charge in [-0.3, -0.25) is 9.59 Å². The molecule has 2 aromatic carbocycles. The van der Waals surface area contributed by atoms with Crippen LogP contribution in [0.2, 0.25) is 10.0 Å². The third-order valence-electron chi connectivity index (χ3n) is 5.97. The number of carbonyl (C=O) groups is 3. The number of hydrogen-bond donors (Lipinski definition) is 2. The average molecular weight is 517 g/mol. The minimum atomic E-state index is -1.18. The van der Waals surface area contributed by atoms with E-state index < -0.39 is 17.9 Å². The summed E-state index contributed by atoms with van der Waals surface area (Å²) in [5, 5.41) is 13.3. The van der Waals surface area contributed by atoms with E-state index in [9.17, 15) is 19.5 Å². The molecule has 0 saturated carbocycles. The summed E-state index contributed by atoms with van der Waals surface area (Å²) < 4.78 is 7.50. The molecule has 0 radical (unpaired) electrons. The molecule has 2 N–H and O–H groups in total. The van der Waals surface area contributed by atoms with Gasteiger partial charge in [-0.2, -0.15) is 0 Å². The van der Waals surface area contributed by atoms with E-state index in [0.29, 0.717) is 43.9 Å². The molecule has 9 heteroatoms. The molecule has 3 aromatic rings. The molecule has 0 bridgehead atoms. The first kappa shape index (κ1) is 26.3. The zero-order valence-electron chi connectivity index (χ0n) is 19.8. The predicted molar refractivity (Wildman–Crippen MR) is 135 cm³/mol. The van der Waals surface area contributed by atoms with Crippen LogP contribution < -0.4 is 10.1 Å². The number of Topliss-reactive ketones (excluding diaryl/α,β-unsaturated/α-hetero) is 1. The molecule has 1 amide bonds. The number of amides is 1. The van der Waals surface area contributed by atoms with Crippen LogP contribution in [-0.2, 0) is 24.9 Å². The molecule has 1 heterocycles. The highest BCUT2D eigenvalue weighted by molar-refractivity contribution is 6.35. The minimum absolute atomic E-state index is 0.0535. The highest BCUT2D eigenvalue weighted by Crippen LogP contribution is 2.26. The molecular formula is C26H26Cl2N2O5. The Labute approximate surface area is 213 Å². The Balaban J connectivity index is 1.71. The van der Waals surface area contributed by atoms with Crippen LogP contribution in [0.4, 0.5) is 0 Å². The van der Waals surface area contributed by atoms with Gasteiger partial charge in [-0.15, -0.1) is 0 Å². The molecule has 0 saturated heterocycles. The van der Waals surface area contributed by atoms with E-state index >= 15 is 0 Å². The van der Waals surface area contributed by atoms with Crippen LogP contribution in [-0.4, -0.2) is 33.4 Å². The molecule has 0 fully saturated rings. The van der Waals surface area contributed by atoms with Crippen molar-refractivity contribution in [3.05, 3.63) is 86.2 Å². The number of carbonyl (C=O) groups excluding carboxylic acids is 2. The number of hydrogen-bond acceptors (Lipinski definition) is 4. The summed E-state index contributed by atoms with van der Waals surface area (Å²) in [6.07, 6.45) is 0.0535. The fraction of sp³-hybridized carbons (Fsp3) is 0.269. The number of ketones is 1. The summed E-state index contributed by atoms with van der Waals surface area (Å²) in [7, 11) is 1.76. The van der Waals surface area contributed by atoms with Gasteiger partial charge in [0.15, 0.2) is 5.78 Å². The van der Waals surface area contributed by atoms with Gasteiger partial charge >= 0.3 is 5.97 Å². The third kappa shape index (κ3) is 5.86. The van der Waals surface area contributed by atoms with Crippen LogP contribution in [0.25, 0.3) is 0 Å². The van der Waals surface area contributed by atoms with Gasteiger partial charge in [-0.05, 0) is 50.6 Å². The third-order valence-corrected chi connectivity index (χ3v) is 6.68. The number of aromatic nitrogens is 1. The lowest BCUT2D eigenvalue weighted by atomic mass is 10.0. The molecule has 7 nitrogen and oxygen atoms in total. The first-order valence-corrected chi connectivity index (χ1v) is 11.6. The lowest BCUT2D eigenvalue weighted by molar-refractivity contribution is -0.139. The van der Waals surface area contributed by atoms with E-state index in [1.54, 1.807) is 67.9 Å². The molecule has 0 spiro atoms. The van der Waals surface area contributed by atoms with Crippen LogP contribution in [0.1, 0.15) is 50.2 Å². The Morgan fingerprint density at radius 1 is 1.00 bits per heavy atom. The average Bonchev–Trinajstić information content (AvgIpc) is 3.03. The number of aliphatic carboxylic acids is 1. The fourth-order valence-corrected chi connectivity index (χ4v) is 4.38. The minimum Gasteiger partial charge on any atom is -0.489 e. The lowest BCUT2D eigenvalue weighted by Gasteiger charge is -2.16. The predicted octanol–water partition coefficient (Wildman–Crippen LogP) is 5.16. The molecule has 1 atom stereocenters. The smallest absolute Gasteiger partial charge is 0.326 e. The Morgan fingerprint density at radius 3 is 2.11 bits per heavy atom. The molecule has 0 aliphatic carbocycles. The number of nitrogens with zero attached hydrogens (tertiary/aromatic N) is 1. The second-order valence-corrected chi connectivity index (χ2v) is 9.05. The quantitative estimate of drug-likeness (QED) is 0.383. The molecule has 1 aromatic heterocycles. The number of nitrogens with one attached hydrogen (secondary N) is 1. The van der Waals surface area contributed by atoms with Crippen molar-refractivity contribution in [3.63, 3.8) is 0 Å². The normalized spacial score (nSPS) is 11.7. The van der Waals surface area contributed by atoms with E-state index in [2.05, 4.69) is 5.32 Å². The van der Waals surface area contributed by atoms with E-state index in [1.165, 1.54) is 6.92 Å². The number of carboxylic acids is 1. The van der Waals surface area contributed by atoms with Crippen molar-refractivity contribution < 1.29 is 24.2 Å². The summed E-state index contributed by atoms with van der Waals surface area (Å²) >= 11 is 12.3. The molecular weight excluding hydrogens is 491 g/mol. The first-order chi connectivity index (χ1) is 16.5. The van der Waals surface area contributed by atoms with E-state index in [-0.39, 0.29) is 24.4 Å². The zero-order chi connectivity index (χ0) is 25.9. The standard InChI is InChI=1S/C26H26Cl2N2O5/c1-14-23(16(3)31)24(15(2)30(14)4)25(32)29-22(26(33)34)12-17-8-10-18(11-9-17)35-13-19-20(27)6-5-7-21(19)28/h5-11,22H,12-13H2,1-4H3,(H,29,32)(H,33,34)/t22-/m0/s1. The van der Waals surface area contributed by atoms with Crippen LogP contribution >= 0.6 is 23.2 Å². The van der Waals surface area contributed by atoms with E-state index in [4.69, 9.17) is 27.9 Å². The van der Waals surface area contributed by atoms with Crippen LogP contribution in [0, 0.1) is 13.8 Å². The van der Waals surface area contributed by atoms with Crippen molar-refractivity contribution in [3.8, 4) is 5.75 Å². The van der Waals surface area contributed by atoms with E-state index in [1.807, 2.05) is 0 Å². The van der Waals surface area contributed by atoms with Gasteiger partial charge in [0.05, 0.1) is 11.1 Å². The summed E-state index contributed by atoms with van der Waals surface area (Å²) in [5.41, 5.74) is 3.10. The summed E-state index contributed by atoms with van der Waals surface area (Å²) in [6, 6.07) is 10.9. The maximum Gasteiger partial charge on any atom is 0.326 e. The largest absolute Gasteiger partial charge is 0.489 e. The Bertz CT molecular complexity index is 1260. The maximum atomic E-state index is 13.0. The second-order valence-electron chi connectivity index (χ2n) is 8.24. The molecule has 184 valence electrons. The Kier molecular flexibility index (Phi) is 8.25. The maximum absolute atomic E-state index is 13.0. The number of rotatable bonds is 9. The highest BCUT2D eigenvalue weighted by Gasteiger charge is 2.28. The number of carboxylic acid groups (broad SMARTS) is 1. The Morgan fingerprint density at radius 2 is 1.57 bits per heavy atom. The highest BCUT2D eigenvalue weighted by atomic mass is 35.5. The summed E-state index contributed by atoms with van der Waals surface area (Å²) in [5.74, 6) is -1.47. The van der Waals surface area contributed by atoms with Gasteiger partial charge < -0.3 is 19.7 Å². The molecule has 0 aliphatic rings. The van der Waals surface area contributed by atoms with Gasteiger partial charge in [-0.25, -0.2) is 4.79 Å². The topological polar surface area (TPSA) is 97.6 Å². The molecule has 0 unspecified atom stereocenters. The van der Waals surface area contributed by atoms with Gasteiger partial charge in [0.25, 0.3) is 5.91 Å². The fourth-order valence-electron chi connectivity index (χ4n) is 3.87. The van der Waals surface area contributed by atoms with Crippen molar-refractivity contribution in [2.45, 2.75) is 39.8 Å². The van der Waals surface area contributed by atoms with Crippen molar-refractivity contribution in [1.82, 2.24) is 9.88 Å². The lowest BCUT2D eigenvalue weighted by Crippen LogP contribution is -2.42. The second kappa shape index (κ2) is 11.0. The monoisotopic (exact) mass is 516 g/mol. The first-order valence-electron chi connectivity index (χ1n) is 10.9. The Hall–Kier alpha value is -3.29.